The van der Waals surface area contributed by atoms with Crippen molar-refractivity contribution >= 4 is 17.7 Å². The highest BCUT2D eigenvalue weighted by atomic mass is 32.1. The van der Waals surface area contributed by atoms with Crippen molar-refractivity contribution in [2.24, 2.45) is 0 Å². The Bertz CT molecular complexity index is 706. The van der Waals surface area contributed by atoms with E-state index in [1.165, 1.54) is 4.68 Å². The molecule has 0 aliphatic rings. The molecule has 0 aliphatic heterocycles. The Hall–Kier alpha value is -2.22. The van der Waals surface area contributed by atoms with Crippen LogP contribution in [0.3, 0.4) is 0 Å². The number of nitrogens with zero attached hydrogens (tertiary/aromatic N) is 5. The lowest BCUT2D eigenvalue weighted by molar-refractivity contribution is 0.946. The Kier molecular flexibility index (Phi) is 1.77. The number of nitrogens with two attached hydrogens (primary N) is 1. The number of fused-ring (bicyclic) bond motifs is 1. The predicted molar refractivity (Wildman–Crippen MR) is 59.5 cm³/mol. The minimum absolute atomic E-state index is 0.359. The van der Waals surface area contributed by atoms with Gasteiger partial charge >= 0.3 is 0 Å². The van der Waals surface area contributed by atoms with Crippen molar-refractivity contribution in [3.8, 4) is 11.4 Å². The molecule has 0 aliphatic carbocycles. The van der Waals surface area contributed by atoms with E-state index < -0.39 is 0 Å². The van der Waals surface area contributed by atoms with E-state index in [0.29, 0.717) is 10.6 Å². The largest absolute Gasteiger partial charge is 0.335 e. The molecule has 3 heterocycles. The van der Waals surface area contributed by atoms with Gasteiger partial charge in [0, 0.05) is 12.4 Å². The van der Waals surface area contributed by atoms with Crippen LogP contribution in [-0.4, -0.2) is 29.5 Å². The zero-order valence-electron chi connectivity index (χ0n) is 8.03. The molecule has 0 saturated heterocycles. The van der Waals surface area contributed by atoms with E-state index >= 15 is 0 Å². The summed E-state index contributed by atoms with van der Waals surface area (Å²) in [7, 11) is 0. The average molecular weight is 233 g/mol. The molecule has 3 aromatic rings. The molecule has 0 amide bonds. The number of rotatable bonds is 1. The highest BCUT2D eigenvalue weighted by Crippen LogP contribution is 2.20. The van der Waals surface area contributed by atoms with E-state index in [1.54, 1.807) is 29.3 Å². The number of nitrogen functional groups attached to an aromatic ring is 1. The molecule has 3 N–H and O–H groups in total. The fourth-order valence-electron chi connectivity index (χ4n) is 1.50. The second kappa shape index (κ2) is 3.14. The zero-order valence-corrected chi connectivity index (χ0v) is 8.85. The lowest BCUT2D eigenvalue weighted by atomic mass is 10.3. The van der Waals surface area contributed by atoms with Crippen LogP contribution < -0.4 is 5.84 Å². The Morgan fingerprint density at radius 1 is 1.38 bits per heavy atom. The summed E-state index contributed by atoms with van der Waals surface area (Å²) < 4.78 is 3.36. The summed E-state index contributed by atoms with van der Waals surface area (Å²) in [6, 6.07) is 0. The molecular formula is C8H7N7S. The molecule has 0 unspecified atom stereocenters. The van der Waals surface area contributed by atoms with Crippen LogP contribution in [0.25, 0.3) is 16.9 Å². The average Bonchev–Trinajstić information content (AvgIpc) is 2.85. The zero-order chi connectivity index (χ0) is 11.1. The van der Waals surface area contributed by atoms with Crippen LogP contribution in [0.15, 0.2) is 24.8 Å². The van der Waals surface area contributed by atoms with Crippen molar-refractivity contribution in [2.75, 3.05) is 5.84 Å². The van der Waals surface area contributed by atoms with Crippen LogP contribution in [0.1, 0.15) is 0 Å². The van der Waals surface area contributed by atoms with Crippen molar-refractivity contribution in [2.45, 2.75) is 0 Å². The summed E-state index contributed by atoms with van der Waals surface area (Å²) in [4.78, 5) is 4.03. The molecule has 80 valence electrons. The van der Waals surface area contributed by atoms with Gasteiger partial charge in [0.25, 0.3) is 0 Å². The first-order valence-corrected chi connectivity index (χ1v) is 4.88. The van der Waals surface area contributed by atoms with Crippen LogP contribution in [0.4, 0.5) is 0 Å². The van der Waals surface area contributed by atoms with Crippen LogP contribution in [0.5, 0.6) is 0 Å². The fourth-order valence-corrected chi connectivity index (χ4v) is 1.63. The van der Waals surface area contributed by atoms with E-state index in [9.17, 15) is 0 Å². The van der Waals surface area contributed by atoms with Gasteiger partial charge in [-0.05, 0) is 12.2 Å². The van der Waals surface area contributed by atoms with Crippen molar-refractivity contribution in [1.82, 2.24) is 29.5 Å². The van der Waals surface area contributed by atoms with E-state index in [2.05, 4.69) is 20.3 Å². The summed E-state index contributed by atoms with van der Waals surface area (Å²) in [5.74, 6) is 6.28. The third-order valence-corrected chi connectivity index (χ3v) is 2.56. The highest BCUT2D eigenvalue weighted by molar-refractivity contribution is 7.71. The topological polar surface area (TPSA) is 89.8 Å². The maximum Gasteiger partial charge on any atom is 0.214 e. The molecule has 0 bridgehead atoms. The van der Waals surface area contributed by atoms with E-state index in [-0.39, 0.29) is 0 Å². The van der Waals surface area contributed by atoms with E-state index in [4.69, 9.17) is 18.1 Å². The third kappa shape index (κ3) is 1.13. The first-order valence-electron chi connectivity index (χ1n) is 4.47. The minimum atomic E-state index is 0.359. The number of aromatic nitrogens is 6. The van der Waals surface area contributed by atoms with Crippen molar-refractivity contribution < 1.29 is 0 Å². The lowest BCUT2D eigenvalue weighted by Gasteiger charge is -1.97. The summed E-state index contributed by atoms with van der Waals surface area (Å²) in [5.41, 5.74) is 1.60. The fraction of sp³-hybridized carbons (Fsp3) is 0. The van der Waals surface area contributed by atoms with Gasteiger partial charge in [-0.1, -0.05) is 0 Å². The van der Waals surface area contributed by atoms with Crippen LogP contribution in [0, 0.1) is 4.77 Å². The number of nitrogens with one attached hydrogen (secondary N) is 1. The normalized spacial score (nSPS) is 11.0. The SMILES string of the molecule is Nn1c(-c2cnn3ccncc23)n[nH]c1=S. The molecule has 0 saturated carbocycles. The molecule has 3 aromatic heterocycles. The standard InChI is InChI=1S/C8H7N7S/c9-15-7(12-13-8(15)16)5-3-11-14-2-1-10-4-6(5)14/h1-4H,9H2,(H,13,16). The molecule has 0 spiro atoms. The Balaban J connectivity index is 2.34. The van der Waals surface area contributed by atoms with Crippen molar-refractivity contribution in [3.63, 3.8) is 0 Å². The highest BCUT2D eigenvalue weighted by Gasteiger charge is 2.12. The van der Waals surface area contributed by atoms with Crippen LogP contribution in [-0.2, 0) is 0 Å². The van der Waals surface area contributed by atoms with Gasteiger partial charge in [-0.2, -0.15) is 10.2 Å². The number of H-pyrrole nitrogens is 1. The maximum atomic E-state index is 5.75. The minimum Gasteiger partial charge on any atom is -0.335 e. The predicted octanol–water partition coefficient (Wildman–Crippen LogP) is 0.364. The second-order valence-corrected chi connectivity index (χ2v) is 3.57. The van der Waals surface area contributed by atoms with E-state index in [0.717, 1.165) is 11.1 Å². The molecule has 0 aromatic carbocycles. The molecule has 0 atom stereocenters. The van der Waals surface area contributed by atoms with Gasteiger partial charge < -0.3 is 5.84 Å². The van der Waals surface area contributed by atoms with Gasteiger partial charge in [0.05, 0.1) is 23.5 Å². The van der Waals surface area contributed by atoms with Gasteiger partial charge in [-0.25, -0.2) is 14.3 Å². The van der Waals surface area contributed by atoms with Gasteiger partial charge in [-0.3, -0.25) is 4.98 Å². The number of hydrogen-bond acceptors (Lipinski definition) is 5. The first kappa shape index (κ1) is 9.04. The molecule has 0 radical (unpaired) electrons. The first-order chi connectivity index (χ1) is 7.77. The summed E-state index contributed by atoms with van der Waals surface area (Å²) in [5, 5.41) is 10.8. The second-order valence-electron chi connectivity index (χ2n) is 3.19. The molecule has 7 nitrogen and oxygen atoms in total. The summed E-state index contributed by atoms with van der Waals surface area (Å²) >= 11 is 4.95. The Labute approximate surface area is 94.5 Å². The number of hydrogen-bond donors (Lipinski definition) is 2. The van der Waals surface area contributed by atoms with Crippen LogP contribution in [0.2, 0.25) is 0 Å². The van der Waals surface area contributed by atoms with Gasteiger partial charge in [0.15, 0.2) is 5.82 Å². The van der Waals surface area contributed by atoms with Gasteiger partial charge in [0.2, 0.25) is 4.77 Å². The smallest absolute Gasteiger partial charge is 0.214 e. The van der Waals surface area contributed by atoms with Gasteiger partial charge in [-0.15, -0.1) is 0 Å². The van der Waals surface area contributed by atoms with Crippen molar-refractivity contribution in [3.05, 3.63) is 29.6 Å². The Morgan fingerprint density at radius 2 is 2.25 bits per heavy atom. The summed E-state index contributed by atoms with van der Waals surface area (Å²) in [6.07, 6.45) is 6.77. The summed E-state index contributed by atoms with van der Waals surface area (Å²) in [6.45, 7) is 0. The monoisotopic (exact) mass is 233 g/mol. The third-order valence-electron chi connectivity index (χ3n) is 2.27. The van der Waals surface area contributed by atoms with Gasteiger partial charge in [0.1, 0.15) is 0 Å². The maximum absolute atomic E-state index is 5.75. The molecule has 3 rings (SSSR count). The number of aromatic amines is 1. The Morgan fingerprint density at radius 3 is 3.00 bits per heavy atom. The lowest BCUT2D eigenvalue weighted by Crippen LogP contribution is -2.09. The molecule has 8 heteroatoms. The molecule has 16 heavy (non-hydrogen) atoms. The molecular weight excluding hydrogens is 226 g/mol. The van der Waals surface area contributed by atoms with Crippen LogP contribution >= 0.6 is 12.2 Å². The quantitative estimate of drug-likeness (QED) is 0.468. The van der Waals surface area contributed by atoms with Crippen molar-refractivity contribution in [1.29, 1.82) is 0 Å². The molecule has 0 fully saturated rings. The van der Waals surface area contributed by atoms with E-state index in [1.807, 2.05) is 0 Å².